The van der Waals surface area contributed by atoms with Crippen LogP contribution in [0, 0.1) is 0 Å². The Balaban J connectivity index is 1.21. The minimum Gasteiger partial charge on any atom is -0.484 e. The van der Waals surface area contributed by atoms with Crippen molar-refractivity contribution in [3.05, 3.63) is 54.1 Å². The number of benzene rings is 2. The minimum absolute atomic E-state index is 0.0294. The number of amides is 3. The molecule has 0 unspecified atom stereocenters. The Bertz CT molecular complexity index is 943. The first-order chi connectivity index (χ1) is 15.1. The largest absolute Gasteiger partial charge is 0.484 e. The number of nitrogens with zero attached hydrogens (tertiary/aromatic N) is 2. The summed E-state index contributed by atoms with van der Waals surface area (Å²) in [5.74, 6) is 0.542. The fourth-order valence-corrected chi connectivity index (χ4v) is 3.73. The van der Waals surface area contributed by atoms with E-state index in [1.54, 1.807) is 17.0 Å². The molecule has 2 N–H and O–H groups in total. The Kier molecular flexibility index (Phi) is 6.35. The first kappa shape index (κ1) is 20.7. The zero-order valence-corrected chi connectivity index (χ0v) is 17.3. The van der Waals surface area contributed by atoms with Crippen LogP contribution in [0.4, 0.5) is 11.4 Å². The van der Waals surface area contributed by atoms with Crippen LogP contribution in [-0.2, 0) is 20.9 Å². The predicted octanol–water partition coefficient (Wildman–Crippen LogP) is 1.44. The van der Waals surface area contributed by atoms with E-state index in [-0.39, 0.29) is 24.3 Å². The van der Waals surface area contributed by atoms with Crippen LogP contribution in [0.25, 0.3) is 0 Å². The van der Waals surface area contributed by atoms with Crippen LogP contribution in [0.1, 0.15) is 18.4 Å². The van der Waals surface area contributed by atoms with Crippen LogP contribution in [0.15, 0.2) is 48.5 Å². The maximum Gasteiger partial charge on any atom is 0.258 e. The summed E-state index contributed by atoms with van der Waals surface area (Å²) >= 11 is 0. The molecule has 0 aliphatic carbocycles. The molecule has 2 aromatic rings. The zero-order chi connectivity index (χ0) is 21.6. The molecule has 2 heterocycles. The third-order valence-corrected chi connectivity index (χ3v) is 5.42. The van der Waals surface area contributed by atoms with Crippen molar-refractivity contribution in [3.63, 3.8) is 0 Å². The molecule has 0 aromatic heterocycles. The van der Waals surface area contributed by atoms with Crippen molar-refractivity contribution in [2.24, 2.45) is 0 Å². The van der Waals surface area contributed by atoms with Gasteiger partial charge in [0, 0.05) is 44.0 Å². The molecule has 2 aromatic carbocycles. The van der Waals surface area contributed by atoms with Crippen molar-refractivity contribution >= 4 is 29.1 Å². The molecule has 8 heteroatoms. The lowest BCUT2D eigenvalue weighted by Gasteiger charge is -2.28. The average molecular weight is 422 g/mol. The second-order valence-electron chi connectivity index (χ2n) is 7.65. The van der Waals surface area contributed by atoms with Gasteiger partial charge in [-0.25, -0.2) is 0 Å². The molecule has 8 nitrogen and oxygen atoms in total. The molecule has 3 amide bonds. The lowest BCUT2D eigenvalue weighted by atomic mass is 10.2. The lowest BCUT2D eigenvalue weighted by molar-refractivity contribution is -0.123. The fraction of sp³-hybridized carbons (Fsp3) is 0.348. The molecule has 2 fully saturated rings. The van der Waals surface area contributed by atoms with Crippen molar-refractivity contribution in [2.75, 3.05) is 42.6 Å². The van der Waals surface area contributed by atoms with Crippen LogP contribution in [0.5, 0.6) is 5.75 Å². The highest BCUT2D eigenvalue weighted by atomic mass is 16.5. The van der Waals surface area contributed by atoms with Crippen LogP contribution >= 0.6 is 0 Å². The molecule has 2 saturated heterocycles. The Morgan fingerprint density at radius 1 is 1.00 bits per heavy atom. The van der Waals surface area contributed by atoms with Gasteiger partial charge in [-0.3, -0.25) is 14.4 Å². The van der Waals surface area contributed by atoms with Gasteiger partial charge in [-0.2, -0.15) is 0 Å². The first-order valence-electron chi connectivity index (χ1n) is 10.5. The summed E-state index contributed by atoms with van der Waals surface area (Å²) < 4.78 is 5.55. The van der Waals surface area contributed by atoms with Gasteiger partial charge in [-0.1, -0.05) is 12.1 Å². The highest BCUT2D eigenvalue weighted by Gasteiger charge is 2.21. The molecular weight excluding hydrogens is 396 g/mol. The average Bonchev–Trinajstić information content (AvgIpc) is 3.23. The number of anilines is 2. The highest BCUT2D eigenvalue weighted by molar-refractivity contribution is 5.95. The fourth-order valence-electron chi connectivity index (χ4n) is 3.73. The third-order valence-electron chi connectivity index (χ3n) is 5.42. The molecule has 162 valence electrons. The molecule has 0 atom stereocenters. The van der Waals surface area contributed by atoms with E-state index in [1.165, 1.54) is 0 Å². The number of carbonyl (C=O) groups excluding carboxylic acids is 3. The number of rotatable bonds is 7. The molecular formula is C23H26N4O4. The second kappa shape index (κ2) is 9.51. The molecule has 0 spiro atoms. The SMILES string of the molecule is O=C(COc1ccc(N2CCCC2=O)cc1)NCc1ccc(N2CCNC(=O)C2)cc1. The van der Waals surface area contributed by atoms with Gasteiger partial charge in [-0.15, -0.1) is 0 Å². The van der Waals surface area contributed by atoms with Crippen molar-refractivity contribution < 1.29 is 19.1 Å². The number of ether oxygens (including phenoxy) is 1. The van der Waals surface area contributed by atoms with Gasteiger partial charge in [-0.05, 0) is 48.4 Å². The predicted molar refractivity (Wildman–Crippen MR) is 117 cm³/mol. The Labute approximate surface area is 181 Å². The number of nitrogens with one attached hydrogen (secondary N) is 2. The number of hydrogen-bond acceptors (Lipinski definition) is 5. The minimum atomic E-state index is -0.212. The Morgan fingerprint density at radius 2 is 1.74 bits per heavy atom. The maximum atomic E-state index is 12.1. The monoisotopic (exact) mass is 422 g/mol. The van der Waals surface area contributed by atoms with Crippen LogP contribution in [0.3, 0.4) is 0 Å². The Morgan fingerprint density at radius 3 is 2.42 bits per heavy atom. The van der Waals surface area contributed by atoms with E-state index in [0.29, 0.717) is 31.8 Å². The smallest absolute Gasteiger partial charge is 0.258 e. The van der Waals surface area contributed by atoms with Crippen LogP contribution in [0.2, 0.25) is 0 Å². The van der Waals surface area contributed by atoms with Crippen LogP contribution < -0.4 is 25.2 Å². The molecule has 2 aliphatic rings. The van der Waals surface area contributed by atoms with Crippen LogP contribution in [-0.4, -0.2) is 50.5 Å². The summed E-state index contributed by atoms with van der Waals surface area (Å²) in [5.41, 5.74) is 2.82. The third kappa shape index (κ3) is 5.33. The van der Waals surface area contributed by atoms with Crippen molar-refractivity contribution in [1.29, 1.82) is 0 Å². The van der Waals surface area contributed by atoms with Gasteiger partial charge in [0.2, 0.25) is 11.8 Å². The number of hydrogen-bond donors (Lipinski definition) is 2. The maximum absolute atomic E-state index is 12.1. The van der Waals surface area contributed by atoms with Gasteiger partial charge in [0.25, 0.3) is 5.91 Å². The summed E-state index contributed by atoms with van der Waals surface area (Å²) in [6, 6.07) is 15.0. The van der Waals surface area contributed by atoms with Crippen molar-refractivity contribution in [3.8, 4) is 5.75 Å². The van der Waals surface area contributed by atoms with E-state index in [4.69, 9.17) is 4.74 Å². The zero-order valence-electron chi connectivity index (χ0n) is 17.3. The summed E-state index contributed by atoms with van der Waals surface area (Å²) in [6.07, 6.45) is 1.48. The summed E-state index contributed by atoms with van der Waals surface area (Å²) in [5, 5.41) is 5.65. The van der Waals surface area contributed by atoms with Crippen molar-refractivity contribution in [2.45, 2.75) is 19.4 Å². The summed E-state index contributed by atoms with van der Waals surface area (Å²) in [4.78, 5) is 39.2. The van der Waals surface area contributed by atoms with E-state index >= 15 is 0 Å². The molecule has 0 saturated carbocycles. The molecule has 2 aliphatic heterocycles. The van der Waals surface area contributed by atoms with Gasteiger partial charge in [0.05, 0.1) is 6.54 Å². The number of piperazine rings is 1. The van der Waals surface area contributed by atoms with E-state index < -0.39 is 0 Å². The second-order valence-corrected chi connectivity index (χ2v) is 7.65. The highest BCUT2D eigenvalue weighted by Crippen LogP contribution is 2.23. The lowest BCUT2D eigenvalue weighted by Crippen LogP contribution is -2.47. The van der Waals surface area contributed by atoms with E-state index in [2.05, 4.69) is 10.6 Å². The molecule has 31 heavy (non-hydrogen) atoms. The Hall–Kier alpha value is -3.55. The van der Waals surface area contributed by atoms with Gasteiger partial charge >= 0.3 is 0 Å². The summed E-state index contributed by atoms with van der Waals surface area (Å²) in [6.45, 7) is 2.87. The quantitative estimate of drug-likeness (QED) is 0.705. The summed E-state index contributed by atoms with van der Waals surface area (Å²) in [7, 11) is 0. The molecule has 0 bridgehead atoms. The van der Waals surface area contributed by atoms with E-state index in [1.807, 2.05) is 41.3 Å². The van der Waals surface area contributed by atoms with Gasteiger partial charge < -0.3 is 25.2 Å². The van der Waals surface area contributed by atoms with E-state index in [0.717, 1.165) is 36.4 Å². The van der Waals surface area contributed by atoms with E-state index in [9.17, 15) is 14.4 Å². The molecule has 0 radical (unpaired) electrons. The van der Waals surface area contributed by atoms with Gasteiger partial charge in [0.15, 0.2) is 6.61 Å². The standard InChI is InChI=1S/C23H26N4O4/c28-21-15-26(13-11-24-21)18-5-3-17(4-6-18)14-25-22(29)16-31-20-9-7-19(8-10-20)27-12-1-2-23(27)30/h3-10H,1-2,11-16H2,(H,24,28)(H,25,29). The van der Waals surface area contributed by atoms with Crippen molar-refractivity contribution in [1.82, 2.24) is 10.6 Å². The van der Waals surface area contributed by atoms with Gasteiger partial charge in [0.1, 0.15) is 5.75 Å². The molecule has 4 rings (SSSR count). The normalized spacial score (nSPS) is 16.3. The topological polar surface area (TPSA) is 91.0 Å². The first-order valence-corrected chi connectivity index (χ1v) is 10.5. The number of carbonyl (C=O) groups is 3.